The lowest BCUT2D eigenvalue weighted by atomic mass is 10.0. The Morgan fingerprint density at radius 3 is 2.62 bits per heavy atom. The third-order valence-electron chi connectivity index (χ3n) is 4.00. The van der Waals surface area contributed by atoms with Crippen LogP contribution in [-0.4, -0.2) is 44.0 Å². The lowest BCUT2D eigenvalue weighted by molar-refractivity contribution is -0.163. The van der Waals surface area contributed by atoms with Crippen LogP contribution in [-0.2, 0) is 15.2 Å². The molecule has 0 bridgehead atoms. The molecule has 0 spiro atoms. The number of hydrogen-bond donors (Lipinski definition) is 0. The molecule has 1 aromatic carbocycles. The molecule has 6 heteroatoms. The lowest BCUT2D eigenvalue weighted by Gasteiger charge is -2.37. The smallest absolute Gasteiger partial charge is 0.208 e. The first-order valence-electron chi connectivity index (χ1n) is 7.34. The topological polar surface area (TPSA) is 46.4 Å². The minimum Gasteiger partial charge on any atom is -0.379 e. The van der Waals surface area contributed by atoms with E-state index < -0.39 is 5.72 Å². The average molecular weight is 310 g/mol. The van der Waals surface area contributed by atoms with Crippen LogP contribution >= 0.6 is 11.6 Å². The summed E-state index contributed by atoms with van der Waals surface area (Å²) in [5.74, 6) is 0. The minimum atomic E-state index is -0.678. The summed E-state index contributed by atoms with van der Waals surface area (Å²) >= 11 is 5.97. The highest BCUT2D eigenvalue weighted by molar-refractivity contribution is 6.30. The first-order chi connectivity index (χ1) is 10.2. The fourth-order valence-electron chi connectivity index (χ4n) is 2.78. The van der Waals surface area contributed by atoms with Gasteiger partial charge in [-0.05, 0) is 19.1 Å². The number of morpholine rings is 1. The van der Waals surface area contributed by atoms with E-state index >= 15 is 0 Å². The van der Waals surface area contributed by atoms with Crippen molar-refractivity contribution in [3.63, 3.8) is 0 Å². The van der Waals surface area contributed by atoms with Gasteiger partial charge < -0.3 is 9.47 Å². The predicted molar refractivity (Wildman–Crippen MR) is 80.4 cm³/mol. The number of nitrogens with zero attached hydrogens (tertiary/aromatic N) is 3. The van der Waals surface area contributed by atoms with Crippen LogP contribution in [0.4, 0.5) is 0 Å². The molecule has 0 saturated carbocycles. The van der Waals surface area contributed by atoms with Crippen molar-refractivity contribution in [1.29, 1.82) is 0 Å². The third-order valence-corrected chi connectivity index (χ3v) is 4.26. The Morgan fingerprint density at radius 2 is 2.00 bits per heavy atom. The fourth-order valence-corrected chi connectivity index (χ4v) is 2.90. The first kappa shape index (κ1) is 14.9. The number of benzene rings is 1. The van der Waals surface area contributed by atoms with Crippen LogP contribution in [0.5, 0.6) is 0 Å². The summed E-state index contributed by atoms with van der Waals surface area (Å²) in [5.41, 5.74) is 0.329. The van der Waals surface area contributed by atoms with Crippen LogP contribution in [0.3, 0.4) is 0 Å². The van der Waals surface area contributed by atoms with Crippen molar-refractivity contribution in [1.82, 2.24) is 4.90 Å². The molecule has 1 aromatic rings. The van der Waals surface area contributed by atoms with E-state index in [1.165, 1.54) is 0 Å². The average Bonchev–Trinajstić information content (AvgIpc) is 2.98. The Balaban J connectivity index is 1.77. The molecule has 2 aliphatic heterocycles. The molecule has 0 amide bonds. The van der Waals surface area contributed by atoms with Gasteiger partial charge in [0, 0.05) is 30.1 Å². The summed E-state index contributed by atoms with van der Waals surface area (Å²) in [4.78, 5) is 2.27. The molecular weight excluding hydrogens is 290 g/mol. The van der Waals surface area contributed by atoms with E-state index in [0.29, 0.717) is 11.6 Å². The van der Waals surface area contributed by atoms with E-state index in [2.05, 4.69) is 22.1 Å². The van der Waals surface area contributed by atoms with E-state index in [4.69, 9.17) is 21.1 Å². The summed E-state index contributed by atoms with van der Waals surface area (Å²) in [6.45, 7) is 6.03. The van der Waals surface area contributed by atoms with Crippen molar-refractivity contribution >= 4 is 11.6 Å². The van der Waals surface area contributed by atoms with Crippen molar-refractivity contribution < 1.29 is 9.47 Å². The van der Waals surface area contributed by atoms with Gasteiger partial charge in [0.15, 0.2) is 0 Å². The maximum Gasteiger partial charge on any atom is 0.208 e. The Labute approximate surface area is 129 Å². The number of halogens is 1. The molecule has 3 rings (SSSR count). The molecule has 0 N–H and O–H groups in total. The quantitative estimate of drug-likeness (QED) is 0.859. The monoisotopic (exact) mass is 309 g/mol. The Hall–Kier alpha value is -1.01. The van der Waals surface area contributed by atoms with Crippen molar-refractivity contribution in [2.45, 2.75) is 25.3 Å². The molecule has 21 heavy (non-hydrogen) atoms. The van der Waals surface area contributed by atoms with Crippen LogP contribution in [0.15, 0.2) is 34.5 Å². The first-order valence-corrected chi connectivity index (χ1v) is 7.72. The Bertz CT molecular complexity index is 502. The highest BCUT2D eigenvalue weighted by Gasteiger charge is 2.39. The second kappa shape index (κ2) is 6.40. The molecule has 114 valence electrons. The fraction of sp³-hybridized carbons (Fsp3) is 0.600. The van der Waals surface area contributed by atoms with E-state index in [1.54, 1.807) is 0 Å². The predicted octanol–water partition coefficient (Wildman–Crippen LogP) is 3.04. The van der Waals surface area contributed by atoms with Gasteiger partial charge in [-0.3, -0.25) is 4.90 Å². The molecule has 0 aromatic heterocycles. The maximum atomic E-state index is 6.33. The van der Waals surface area contributed by atoms with Gasteiger partial charge in [-0.15, -0.1) is 0 Å². The maximum absolute atomic E-state index is 6.33. The second-order valence-electron chi connectivity index (χ2n) is 5.37. The molecular formula is C15H20ClN3O2. The lowest BCUT2D eigenvalue weighted by Crippen LogP contribution is -2.46. The molecule has 0 aliphatic carbocycles. The van der Waals surface area contributed by atoms with Gasteiger partial charge in [-0.25, -0.2) is 0 Å². The van der Waals surface area contributed by atoms with Crippen LogP contribution in [0.2, 0.25) is 5.02 Å². The molecule has 5 nitrogen and oxygen atoms in total. The van der Waals surface area contributed by atoms with Gasteiger partial charge in [-0.1, -0.05) is 23.7 Å². The van der Waals surface area contributed by atoms with E-state index in [-0.39, 0.29) is 6.23 Å². The standard InChI is InChI=1S/C15H20ClN3O2/c1-12(19-8-10-20-11-9-19)21-15(6-7-17-18-15)13-2-4-14(16)5-3-13/h2-5,12H,6-11H2,1H3. The molecule has 2 atom stereocenters. The van der Waals surface area contributed by atoms with Gasteiger partial charge in [-0.2, -0.15) is 10.2 Å². The van der Waals surface area contributed by atoms with Gasteiger partial charge in [0.05, 0.1) is 19.8 Å². The molecule has 1 saturated heterocycles. The van der Waals surface area contributed by atoms with Crippen LogP contribution in [0.25, 0.3) is 0 Å². The minimum absolute atomic E-state index is 0.0263. The number of rotatable bonds is 4. The highest BCUT2D eigenvalue weighted by atomic mass is 35.5. The summed E-state index contributed by atoms with van der Waals surface area (Å²) < 4.78 is 11.7. The summed E-state index contributed by atoms with van der Waals surface area (Å²) in [5, 5.41) is 9.27. The summed E-state index contributed by atoms with van der Waals surface area (Å²) in [6.07, 6.45) is 0.741. The number of azo groups is 1. The zero-order valence-electron chi connectivity index (χ0n) is 12.2. The molecule has 2 heterocycles. The summed E-state index contributed by atoms with van der Waals surface area (Å²) in [7, 11) is 0. The van der Waals surface area contributed by atoms with E-state index in [1.807, 2.05) is 24.3 Å². The zero-order valence-corrected chi connectivity index (χ0v) is 12.9. The van der Waals surface area contributed by atoms with Crippen molar-refractivity contribution in [3.05, 3.63) is 34.9 Å². The van der Waals surface area contributed by atoms with Gasteiger partial charge in [0.25, 0.3) is 0 Å². The van der Waals surface area contributed by atoms with Crippen molar-refractivity contribution in [3.8, 4) is 0 Å². The van der Waals surface area contributed by atoms with Gasteiger partial charge in [0.1, 0.15) is 6.23 Å². The Kier molecular flexibility index (Phi) is 4.54. The molecule has 2 unspecified atom stereocenters. The van der Waals surface area contributed by atoms with Crippen LogP contribution in [0, 0.1) is 0 Å². The van der Waals surface area contributed by atoms with E-state index in [0.717, 1.165) is 38.3 Å². The van der Waals surface area contributed by atoms with E-state index in [9.17, 15) is 0 Å². The second-order valence-corrected chi connectivity index (χ2v) is 5.81. The summed E-state index contributed by atoms with van der Waals surface area (Å²) in [6, 6.07) is 7.68. The molecule has 1 fully saturated rings. The van der Waals surface area contributed by atoms with Crippen LogP contribution in [0.1, 0.15) is 18.9 Å². The molecule has 2 aliphatic rings. The third kappa shape index (κ3) is 3.26. The highest BCUT2D eigenvalue weighted by Crippen LogP contribution is 2.37. The Morgan fingerprint density at radius 1 is 1.29 bits per heavy atom. The normalized spacial score (nSPS) is 27.9. The number of ether oxygens (including phenoxy) is 2. The number of hydrogen-bond acceptors (Lipinski definition) is 5. The van der Waals surface area contributed by atoms with Crippen LogP contribution < -0.4 is 0 Å². The largest absolute Gasteiger partial charge is 0.379 e. The van der Waals surface area contributed by atoms with Crippen molar-refractivity contribution in [2.75, 3.05) is 32.8 Å². The van der Waals surface area contributed by atoms with Gasteiger partial charge in [0.2, 0.25) is 5.72 Å². The SMILES string of the molecule is CC(OC1(c2ccc(Cl)cc2)CCN=N1)N1CCOCC1. The zero-order chi connectivity index (χ0) is 14.7. The van der Waals surface area contributed by atoms with Crippen molar-refractivity contribution in [2.24, 2.45) is 10.2 Å². The van der Waals surface area contributed by atoms with Gasteiger partial charge >= 0.3 is 0 Å². The molecule has 0 radical (unpaired) electrons.